The van der Waals surface area contributed by atoms with Gasteiger partial charge < -0.3 is 4.74 Å². The van der Waals surface area contributed by atoms with Gasteiger partial charge in [-0.1, -0.05) is 86.7 Å². The van der Waals surface area contributed by atoms with Gasteiger partial charge >= 0.3 is 0 Å². The number of nitrogens with one attached hydrogen (secondary N) is 2. The van der Waals surface area contributed by atoms with Gasteiger partial charge in [0.05, 0.1) is 16.6 Å². The Hall–Kier alpha value is -3.05. The number of ether oxygens (including phenoxy) is 1. The van der Waals surface area contributed by atoms with E-state index >= 15 is 0 Å². The Bertz CT molecular complexity index is 1250. The van der Waals surface area contributed by atoms with E-state index in [1.54, 1.807) is 30.3 Å². The zero-order valence-electron chi connectivity index (χ0n) is 24.1. The molecule has 1 fully saturated rings. The first-order valence-corrected chi connectivity index (χ1v) is 16.1. The van der Waals surface area contributed by atoms with Gasteiger partial charge in [-0.25, -0.2) is 24.6 Å². The second kappa shape index (κ2) is 15.3. The summed E-state index contributed by atoms with van der Waals surface area (Å²) in [6, 6.07) is 18.3. The molecule has 0 bridgehead atoms. The number of allylic oxidation sites excluding steroid dienone is 1. The fraction of sp³-hybridized carbons (Fsp3) is 0.484. The molecule has 224 valence electrons. The highest BCUT2D eigenvalue weighted by Crippen LogP contribution is 2.47. The standard InChI is InChI=1S/C31H43N3O6S/c1-23(2)21-31(30(36)33-32,22-27(41(3,37)38)25-16-8-5-9-17-25)26(18-12-15-24-13-6-4-7-14-24)29(35)34-40-28-19-10-11-20-39-28/h4-9,12-17,23,26-28H,10-11,18-22,32H2,1-3H3,(H,33,36)(H,34,35)/b15-12+/t26-,27?,28?,31-/m1/s1. The van der Waals surface area contributed by atoms with Crippen LogP contribution >= 0.6 is 0 Å². The molecule has 4 atom stereocenters. The number of hydrazine groups is 1. The lowest BCUT2D eigenvalue weighted by atomic mass is 9.64. The van der Waals surface area contributed by atoms with Gasteiger partial charge in [0, 0.05) is 19.3 Å². The molecule has 2 unspecified atom stereocenters. The average Bonchev–Trinajstić information content (AvgIpc) is 2.96. The molecule has 0 spiro atoms. The van der Waals surface area contributed by atoms with Gasteiger partial charge in [-0.05, 0) is 49.1 Å². The lowest BCUT2D eigenvalue weighted by Gasteiger charge is -2.41. The molecular weight excluding hydrogens is 542 g/mol. The maximum absolute atomic E-state index is 13.9. The first-order valence-electron chi connectivity index (χ1n) is 14.1. The van der Waals surface area contributed by atoms with Gasteiger partial charge in [0.25, 0.3) is 0 Å². The number of rotatable bonds is 14. The first-order chi connectivity index (χ1) is 19.6. The van der Waals surface area contributed by atoms with Crippen LogP contribution in [0.25, 0.3) is 6.08 Å². The van der Waals surface area contributed by atoms with Crippen molar-refractivity contribution in [2.24, 2.45) is 23.1 Å². The van der Waals surface area contributed by atoms with Crippen molar-refractivity contribution in [3.05, 3.63) is 77.9 Å². The Morgan fingerprint density at radius 1 is 1.07 bits per heavy atom. The van der Waals surface area contributed by atoms with Gasteiger partial charge in [-0.15, -0.1) is 0 Å². The number of amides is 2. The highest BCUT2D eigenvalue weighted by Gasteiger charge is 2.51. The summed E-state index contributed by atoms with van der Waals surface area (Å²) < 4.78 is 32.0. The van der Waals surface area contributed by atoms with Crippen molar-refractivity contribution in [1.29, 1.82) is 0 Å². The summed E-state index contributed by atoms with van der Waals surface area (Å²) in [4.78, 5) is 33.4. The molecule has 0 radical (unpaired) electrons. The fourth-order valence-corrected chi connectivity index (χ4v) is 6.84. The first kappa shape index (κ1) is 32.5. The van der Waals surface area contributed by atoms with E-state index in [1.165, 1.54) is 0 Å². The molecule has 1 saturated heterocycles. The molecule has 2 aromatic carbocycles. The summed E-state index contributed by atoms with van der Waals surface area (Å²) in [7, 11) is -3.70. The lowest BCUT2D eigenvalue weighted by Crippen LogP contribution is -2.54. The Morgan fingerprint density at radius 2 is 1.73 bits per heavy atom. The predicted molar refractivity (Wildman–Crippen MR) is 159 cm³/mol. The quantitative estimate of drug-likeness (QED) is 0.169. The molecule has 0 aliphatic carbocycles. The van der Waals surface area contributed by atoms with Crippen molar-refractivity contribution in [2.45, 2.75) is 63.9 Å². The molecule has 2 aromatic rings. The minimum Gasteiger partial charge on any atom is -0.350 e. The molecule has 0 saturated carbocycles. The summed E-state index contributed by atoms with van der Waals surface area (Å²) in [5, 5.41) is -1.05. The van der Waals surface area contributed by atoms with E-state index in [4.69, 9.17) is 15.4 Å². The molecule has 10 heteroatoms. The number of nitrogens with two attached hydrogens (primary N) is 1. The second-order valence-corrected chi connectivity index (χ2v) is 13.4. The smallest absolute Gasteiger partial charge is 0.248 e. The summed E-state index contributed by atoms with van der Waals surface area (Å²) in [5.74, 6) is 3.54. The maximum atomic E-state index is 13.9. The molecule has 3 rings (SSSR count). The monoisotopic (exact) mass is 585 g/mol. The van der Waals surface area contributed by atoms with Gasteiger partial charge in [0.15, 0.2) is 16.1 Å². The van der Waals surface area contributed by atoms with Crippen LogP contribution in [0, 0.1) is 17.3 Å². The van der Waals surface area contributed by atoms with Crippen LogP contribution in [-0.4, -0.2) is 39.4 Å². The number of hydroxylamine groups is 1. The van der Waals surface area contributed by atoms with E-state index in [9.17, 15) is 18.0 Å². The number of carbonyl (C=O) groups excluding carboxylic acids is 2. The highest BCUT2D eigenvalue weighted by atomic mass is 32.2. The molecule has 9 nitrogen and oxygen atoms in total. The molecule has 4 N–H and O–H groups in total. The van der Waals surface area contributed by atoms with Crippen LogP contribution in [0.15, 0.2) is 66.7 Å². The fourth-order valence-electron chi connectivity index (χ4n) is 5.59. The van der Waals surface area contributed by atoms with Crippen LogP contribution in [-0.2, 0) is 29.0 Å². The van der Waals surface area contributed by atoms with Crippen LogP contribution in [0.3, 0.4) is 0 Å². The third-order valence-corrected chi connectivity index (χ3v) is 8.96. The molecule has 1 aliphatic rings. The topological polar surface area (TPSA) is 137 Å². The van der Waals surface area contributed by atoms with Gasteiger partial charge in [0.2, 0.25) is 11.8 Å². The van der Waals surface area contributed by atoms with Crippen molar-refractivity contribution in [1.82, 2.24) is 10.9 Å². The molecule has 41 heavy (non-hydrogen) atoms. The Balaban J connectivity index is 2.08. The minimum absolute atomic E-state index is 0.0701. The Labute approximate surface area is 243 Å². The lowest BCUT2D eigenvalue weighted by molar-refractivity contribution is -0.204. The van der Waals surface area contributed by atoms with Crippen molar-refractivity contribution in [3.63, 3.8) is 0 Å². The number of benzene rings is 2. The zero-order chi connectivity index (χ0) is 29.9. The summed E-state index contributed by atoms with van der Waals surface area (Å²) in [5.41, 5.74) is 4.78. The Morgan fingerprint density at radius 3 is 2.29 bits per heavy atom. The number of hydrogen-bond acceptors (Lipinski definition) is 7. The zero-order valence-corrected chi connectivity index (χ0v) is 24.9. The number of hydrogen-bond donors (Lipinski definition) is 3. The van der Waals surface area contributed by atoms with Crippen molar-refractivity contribution < 1.29 is 27.6 Å². The van der Waals surface area contributed by atoms with Crippen molar-refractivity contribution >= 4 is 27.7 Å². The van der Waals surface area contributed by atoms with Crippen LogP contribution in [0.5, 0.6) is 0 Å². The molecule has 2 amide bonds. The van der Waals surface area contributed by atoms with E-state index in [1.807, 2.05) is 56.3 Å². The van der Waals surface area contributed by atoms with Gasteiger partial charge in [-0.2, -0.15) is 0 Å². The average molecular weight is 586 g/mol. The minimum atomic E-state index is -3.70. The maximum Gasteiger partial charge on any atom is 0.248 e. The predicted octanol–water partition coefficient (Wildman–Crippen LogP) is 4.48. The molecule has 1 aliphatic heterocycles. The third-order valence-electron chi connectivity index (χ3n) is 7.49. The normalized spacial score (nSPS) is 18.9. The van der Waals surface area contributed by atoms with Gasteiger partial charge in [-0.3, -0.25) is 15.0 Å². The summed E-state index contributed by atoms with van der Waals surface area (Å²) in [6.45, 7) is 4.39. The molecule has 0 aromatic heterocycles. The van der Waals surface area contributed by atoms with E-state index in [2.05, 4.69) is 10.9 Å². The van der Waals surface area contributed by atoms with Crippen molar-refractivity contribution in [3.8, 4) is 0 Å². The SMILES string of the molecule is CC(C)C[C@](CC(c1ccccc1)S(C)(=O)=O)(C(=O)NN)[C@H](C/C=C/c1ccccc1)C(=O)NOC1CCCCO1. The van der Waals surface area contributed by atoms with E-state index in [0.29, 0.717) is 18.6 Å². The van der Waals surface area contributed by atoms with Crippen LogP contribution < -0.4 is 16.7 Å². The number of carbonyl (C=O) groups is 2. The van der Waals surface area contributed by atoms with E-state index in [0.717, 1.165) is 24.7 Å². The van der Waals surface area contributed by atoms with Crippen LogP contribution in [0.1, 0.15) is 68.7 Å². The second-order valence-electron chi connectivity index (χ2n) is 11.1. The number of sulfone groups is 1. The summed E-state index contributed by atoms with van der Waals surface area (Å²) >= 11 is 0. The molecule has 1 heterocycles. The highest BCUT2D eigenvalue weighted by molar-refractivity contribution is 7.90. The van der Waals surface area contributed by atoms with Gasteiger partial charge in [0.1, 0.15) is 0 Å². The van der Waals surface area contributed by atoms with Crippen LogP contribution in [0.4, 0.5) is 0 Å². The largest absolute Gasteiger partial charge is 0.350 e. The summed E-state index contributed by atoms with van der Waals surface area (Å²) in [6.07, 6.45) is 6.92. The van der Waals surface area contributed by atoms with Crippen LogP contribution in [0.2, 0.25) is 0 Å². The Kier molecular flexibility index (Phi) is 12.1. The molecular formula is C31H43N3O6S. The van der Waals surface area contributed by atoms with E-state index < -0.39 is 44.5 Å². The van der Waals surface area contributed by atoms with E-state index in [-0.39, 0.29) is 25.2 Å². The third kappa shape index (κ3) is 9.22. The van der Waals surface area contributed by atoms with Crippen molar-refractivity contribution in [2.75, 3.05) is 12.9 Å².